The average molecular weight is 369 g/mol. The van der Waals surface area contributed by atoms with Gasteiger partial charge < -0.3 is 15.0 Å². The molecule has 1 aliphatic heterocycles. The summed E-state index contributed by atoms with van der Waals surface area (Å²) in [6, 6.07) is 8.59. The lowest BCUT2D eigenvalue weighted by atomic mass is 10.1. The minimum absolute atomic E-state index is 0.207. The Morgan fingerprint density at radius 2 is 2.23 bits per heavy atom. The molecule has 0 aromatic heterocycles. The maximum atomic E-state index is 12.1. The van der Waals surface area contributed by atoms with Crippen LogP contribution in [-0.2, 0) is 11.3 Å². The number of likely N-dealkylation sites (tertiary alicyclic amines) is 1. The molecule has 22 heavy (non-hydrogen) atoms. The van der Waals surface area contributed by atoms with Gasteiger partial charge in [-0.15, -0.1) is 0 Å². The lowest BCUT2D eigenvalue weighted by Gasteiger charge is -2.34. The van der Waals surface area contributed by atoms with E-state index in [2.05, 4.69) is 33.4 Å². The SMILES string of the molecule is CC(C)(C)OC(=O)N1CCC[C@@H](NCc2cccc(Br)c2)C1. The molecule has 0 unspecified atom stereocenters. The van der Waals surface area contributed by atoms with Crippen LogP contribution in [0.4, 0.5) is 4.79 Å². The maximum absolute atomic E-state index is 12.1. The predicted molar refractivity (Wildman–Crippen MR) is 91.8 cm³/mol. The minimum atomic E-state index is -0.437. The smallest absolute Gasteiger partial charge is 0.410 e. The third-order valence-corrected chi connectivity index (χ3v) is 4.05. The number of nitrogens with one attached hydrogen (secondary N) is 1. The van der Waals surface area contributed by atoms with Gasteiger partial charge in [0.05, 0.1) is 0 Å². The van der Waals surface area contributed by atoms with Gasteiger partial charge in [-0.1, -0.05) is 28.1 Å². The van der Waals surface area contributed by atoms with Crippen LogP contribution in [0.2, 0.25) is 0 Å². The number of hydrogen-bond donors (Lipinski definition) is 1. The van der Waals surface area contributed by atoms with E-state index in [1.165, 1.54) is 5.56 Å². The molecule has 1 amide bonds. The molecule has 1 aromatic rings. The van der Waals surface area contributed by atoms with Crippen LogP contribution in [0.3, 0.4) is 0 Å². The van der Waals surface area contributed by atoms with Crippen LogP contribution in [-0.4, -0.2) is 35.7 Å². The standard InChI is InChI=1S/C17H25BrN2O2/c1-17(2,3)22-16(21)20-9-5-8-15(12-20)19-11-13-6-4-7-14(18)10-13/h4,6-7,10,15,19H,5,8-9,11-12H2,1-3H3/t15-/m1/s1. The van der Waals surface area contributed by atoms with Crippen LogP contribution >= 0.6 is 15.9 Å². The first-order chi connectivity index (χ1) is 10.3. The molecule has 1 heterocycles. The van der Waals surface area contributed by atoms with Crippen LogP contribution in [0.25, 0.3) is 0 Å². The first-order valence-electron chi connectivity index (χ1n) is 7.79. The number of hydrogen-bond acceptors (Lipinski definition) is 3. The number of benzene rings is 1. The lowest BCUT2D eigenvalue weighted by molar-refractivity contribution is 0.0187. The van der Waals surface area contributed by atoms with Crippen LogP contribution in [0.15, 0.2) is 28.7 Å². The second-order valence-corrected chi connectivity index (χ2v) is 7.69. The number of rotatable bonds is 3. The number of carbonyl (C=O) groups excluding carboxylic acids is 1. The number of carbonyl (C=O) groups is 1. The van der Waals surface area contributed by atoms with E-state index in [1.54, 1.807) is 0 Å². The third kappa shape index (κ3) is 5.61. The Kier molecular flexibility index (Phi) is 5.87. The Bertz CT molecular complexity index is 514. The quantitative estimate of drug-likeness (QED) is 0.878. The van der Waals surface area contributed by atoms with Gasteiger partial charge in [-0.05, 0) is 51.3 Å². The number of piperidine rings is 1. The highest BCUT2D eigenvalue weighted by Crippen LogP contribution is 2.16. The molecule has 1 N–H and O–H groups in total. The first-order valence-corrected chi connectivity index (χ1v) is 8.58. The molecule has 1 aromatic carbocycles. The van der Waals surface area contributed by atoms with E-state index in [0.717, 1.165) is 30.4 Å². The molecule has 0 bridgehead atoms. The zero-order valence-electron chi connectivity index (χ0n) is 13.6. The molecule has 122 valence electrons. The van der Waals surface area contributed by atoms with Gasteiger partial charge in [-0.3, -0.25) is 0 Å². The van der Waals surface area contributed by atoms with Crippen molar-refractivity contribution < 1.29 is 9.53 Å². The van der Waals surface area contributed by atoms with E-state index >= 15 is 0 Å². The highest BCUT2D eigenvalue weighted by Gasteiger charge is 2.27. The molecule has 4 nitrogen and oxygen atoms in total. The van der Waals surface area contributed by atoms with Crippen molar-refractivity contribution in [2.24, 2.45) is 0 Å². The molecule has 5 heteroatoms. The fourth-order valence-corrected chi connectivity index (χ4v) is 2.99. The summed E-state index contributed by atoms with van der Waals surface area (Å²) in [6.07, 6.45) is 1.89. The molecule has 2 rings (SSSR count). The fraction of sp³-hybridized carbons (Fsp3) is 0.588. The van der Waals surface area contributed by atoms with Crippen molar-refractivity contribution >= 4 is 22.0 Å². The van der Waals surface area contributed by atoms with E-state index in [0.29, 0.717) is 12.6 Å². The zero-order chi connectivity index (χ0) is 16.2. The molecule has 0 aliphatic carbocycles. The van der Waals surface area contributed by atoms with E-state index < -0.39 is 5.60 Å². The van der Waals surface area contributed by atoms with Gasteiger partial charge in [0.25, 0.3) is 0 Å². The van der Waals surface area contributed by atoms with Gasteiger partial charge >= 0.3 is 6.09 Å². The van der Waals surface area contributed by atoms with Gasteiger partial charge in [-0.2, -0.15) is 0 Å². The molecule has 1 atom stereocenters. The molecule has 0 spiro atoms. The second kappa shape index (κ2) is 7.47. The van der Waals surface area contributed by atoms with Gasteiger partial charge in [0.1, 0.15) is 5.60 Å². The third-order valence-electron chi connectivity index (χ3n) is 3.56. The van der Waals surface area contributed by atoms with Crippen molar-refractivity contribution in [2.75, 3.05) is 13.1 Å². The molecular formula is C17H25BrN2O2. The number of amides is 1. The Morgan fingerprint density at radius 3 is 2.91 bits per heavy atom. The summed E-state index contributed by atoms with van der Waals surface area (Å²) in [6.45, 7) is 8.01. The summed E-state index contributed by atoms with van der Waals surface area (Å²) in [7, 11) is 0. The van der Waals surface area contributed by atoms with Crippen LogP contribution in [0.5, 0.6) is 0 Å². The Hall–Kier alpha value is -1.07. The van der Waals surface area contributed by atoms with Crippen molar-refractivity contribution in [3.05, 3.63) is 34.3 Å². The maximum Gasteiger partial charge on any atom is 0.410 e. The van der Waals surface area contributed by atoms with Gasteiger partial charge in [0, 0.05) is 30.1 Å². The van der Waals surface area contributed by atoms with Crippen molar-refractivity contribution in [1.82, 2.24) is 10.2 Å². The van der Waals surface area contributed by atoms with Crippen molar-refractivity contribution in [1.29, 1.82) is 0 Å². The number of ether oxygens (including phenoxy) is 1. The summed E-state index contributed by atoms with van der Waals surface area (Å²) in [5.74, 6) is 0. The summed E-state index contributed by atoms with van der Waals surface area (Å²) >= 11 is 3.49. The molecule has 1 saturated heterocycles. The normalized spacial score (nSPS) is 19.1. The fourth-order valence-electron chi connectivity index (χ4n) is 2.55. The monoisotopic (exact) mass is 368 g/mol. The van der Waals surface area contributed by atoms with Gasteiger partial charge in [0.2, 0.25) is 0 Å². The minimum Gasteiger partial charge on any atom is -0.444 e. The summed E-state index contributed by atoms with van der Waals surface area (Å²) in [4.78, 5) is 14.0. The second-order valence-electron chi connectivity index (χ2n) is 6.78. The van der Waals surface area contributed by atoms with E-state index in [1.807, 2.05) is 37.8 Å². The summed E-state index contributed by atoms with van der Waals surface area (Å²) in [5, 5.41) is 3.54. The number of halogens is 1. The van der Waals surface area contributed by atoms with Crippen LogP contribution in [0.1, 0.15) is 39.2 Å². The van der Waals surface area contributed by atoms with Gasteiger partial charge in [-0.25, -0.2) is 4.79 Å². The lowest BCUT2D eigenvalue weighted by Crippen LogP contribution is -2.49. The summed E-state index contributed by atoms with van der Waals surface area (Å²) in [5.41, 5.74) is 0.803. The van der Waals surface area contributed by atoms with E-state index in [4.69, 9.17) is 4.74 Å². The Balaban J connectivity index is 1.84. The Labute approximate surface area is 141 Å². The zero-order valence-corrected chi connectivity index (χ0v) is 15.1. The van der Waals surface area contributed by atoms with E-state index in [-0.39, 0.29) is 6.09 Å². The van der Waals surface area contributed by atoms with Crippen molar-refractivity contribution in [3.63, 3.8) is 0 Å². The topological polar surface area (TPSA) is 41.6 Å². The van der Waals surface area contributed by atoms with Gasteiger partial charge in [0.15, 0.2) is 0 Å². The highest BCUT2D eigenvalue weighted by atomic mass is 79.9. The molecule has 0 saturated carbocycles. The van der Waals surface area contributed by atoms with Crippen molar-refractivity contribution in [2.45, 2.75) is 51.8 Å². The van der Waals surface area contributed by atoms with Crippen LogP contribution in [0, 0.1) is 0 Å². The predicted octanol–water partition coefficient (Wildman–Crippen LogP) is 3.94. The molecule has 0 radical (unpaired) electrons. The highest BCUT2D eigenvalue weighted by molar-refractivity contribution is 9.10. The first kappa shape index (κ1) is 17.3. The molecule has 1 fully saturated rings. The Morgan fingerprint density at radius 1 is 1.45 bits per heavy atom. The van der Waals surface area contributed by atoms with E-state index in [9.17, 15) is 4.79 Å². The van der Waals surface area contributed by atoms with Crippen LogP contribution < -0.4 is 5.32 Å². The van der Waals surface area contributed by atoms with Crippen molar-refractivity contribution in [3.8, 4) is 0 Å². The molecule has 1 aliphatic rings. The summed E-state index contributed by atoms with van der Waals surface area (Å²) < 4.78 is 6.55. The largest absolute Gasteiger partial charge is 0.444 e. The number of nitrogens with zero attached hydrogens (tertiary/aromatic N) is 1. The average Bonchev–Trinajstić information content (AvgIpc) is 2.44. The molecular weight excluding hydrogens is 344 g/mol.